The van der Waals surface area contributed by atoms with Crippen LogP contribution in [0.3, 0.4) is 0 Å². The van der Waals surface area contributed by atoms with E-state index in [1.165, 1.54) is 0 Å². The van der Waals surface area contributed by atoms with E-state index >= 15 is 0 Å². The molecule has 1 aromatic rings. The molecule has 6 heteroatoms. The molecule has 1 heterocycles. The van der Waals surface area contributed by atoms with E-state index in [-0.39, 0.29) is 0 Å². The standard InChI is InChI=1S/C6H7AsO5/c8-7(9,11-12-7)10-6-4-2-1-3-5-6/h1-5,8-9H. The molecule has 0 amide bonds. The predicted octanol–water partition coefficient (Wildman–Crippen LogP) is -0.102. The van der Waals surface area contributed by atoms with E-state index in [4.69, 9.17) is 11.9 Å². The van der Waals surface area contributed by atoms with Crippen LogP contribution >= 0.6 is 0 Å². The van der Waals surface area contributed by atoms with Crippen molar-refractivity contribution in [3.8, 4) is 5.75 Å². The van der Waals surface area contributed by atoms with Crippen molar-refractivity contribution < 1.29 is 19.7 Å². The average Bonchev–Trinajstić information content (AvgIpc) is 2.64. The zero-order chi connectivity index (χ0) is 8.68. The molecule has 2 N–H and O–H groups in total. The van der Waals surface area contributed by atoms with E-state index in [1.807, 2.05) is 0 Å². The maximum atomic E-state index is 9.12. The van der Waals surface area contributed by atoms with E-state index in [0.29, 0.717) is 5.75 Å². The second-order valence-corrected chi connectivity index (χ2v) is 6.73. The van der Waals surface area contributed by atoms with Crippen LogP contribution in [0.15, 0.2) is 30.3 Å². The number of hydrogen-bond acceptors (Lipinski definition) is 5. The fourth-order valence-electron chi connectivity index (χ4n) is 0.736. The number of benzene rings is 1. The minimum absolute atomic E-state index is 0.311. The predicted molar refractivity (Wildman–Crippen MR) is 39.4 cm³/mol. The van der Waals surface area contributed by atoms with E-state index in [2.05, 4.69) is 7.75 Å². The Morgan fingerprint density at radius 3 is 2.17 bits per heavy atom. The van der Waals surface area contributed by atoms with Crippen LogP contribution in [0.5, 0.6) is 5.75 Å². The van der Waals surface area contributed by atoms with Crippen LogP contribution < -0.4 is 3.73 Å². The van der Waals surface area contributed by atoms with Gasteiger partial charge >= 0.3 is 69.9 Å². The van der Waals surface area contributed by atoms with Crippen molar-refractivity contribution in [1.29, 1.82) is 0 Å². The summed E-state index contributed by atoms with van der Waals surface area (Å²) in [5.41, 5.74) is 0. The molecule has 0 radical (unpaired) electrons. The van der Waals surface area contributed by atoms with Gasteiger partial charge in [0.2, 0.25) is 0 Å². The molecule has 0 unspecified atom stereocenters. The van der Waals surface area contributed by atoms with E-state index in [9.17, 15) is 0 Å². The van der Waals surface area contributed by atoms with Gasteiger partial charge in [0.1, 0.15) is 0 Å². The first-order valence-electron chi connectivity index (χ1n) is 3.23. The summed E-state index contributed by atoms with van der Waals surface area (Å²) >= 11 is -5.11. The molecule has 66 valence electrons. The topological polar surface area (TPSA) is 74.8 Å². The monoisotopic (exact) mass is 234 g/mol. The molecule has 0 saturated carbocycles. The first kappa shape index (κ1) is 8.04. The summed E-state index contributed by atoms with van der Waals surface area (Å²) < 4.78 is 31.1. The molecule has 1 aliphatic rings. The van der Waals surface area contributed by atoms with Gasteiger partial charge in [-0.05, 0) is 0 Å². The third kappa shape index (κ3) is 1.60. The van der Waals surface area contributed by atoms with Crippen LogP contribution in [-0.4, -0.2) is 22.3 Å². The van der Waals surface area contributed by atoms with Gasteiger partial charge in [-0.15, -0.1) is 0 Å². The Balaban J connectivity index is 2.15. The second kappa shape index (κ2) is 2.22. The van der Waals surface area contributed by atoms with Crippen LogP contribution in [-0.2, 0) is 7.75 Å². The summed E-state index contributed by atoms with van der Waals surface area (Å²) in [6, 6.07) is 8.33. The van der Waals surface area contributed by atoms with E-state index < -0.39 is 14.2 Å². The summed E-state index contributed by atoms with van der Waals surface area (Å²) in [5.74, 6) is 0.311. The van der Waals surface area contributed by atoms with Gasteiger partial charge in [0.05, 0.1) is 0 Å². The Morgan fingerprint density at radius 1 is 1.08 bits per heavy atom. The molecule has 0 aliphatic carbocycles. The summed E-state index contributed by atoms with van der Waals surface area (Å²) in [6.07, 6.45) is 0. The first-order valence-corrected chi connectivity index (χ1v) is 7.21. The van der Waals surface area contributed by atoms with Gasteiger partial charge in [0.15, 0.2) is 0 Å². The normalized spacial score (nSPS) is 26.7. The van der Waals surface area contributed by atoms with Crippen LogP contribution in [0.25, 0.3) is 0 Å². The van der Waals surface area contributed by atoms with Crippen LogP contribution in [0.4, 0.5) is 0 Å². The molecule has 1 aliphatic heterocycles. The van der Waals surface area contributed by atoms with Gasteiger partial charge in [0.25, 0.3) is 0 Å². The Kier molecular flexibility index (Phi) is 1.48. The molecule has 0 aromatic heterocycles. The van der Waals surface area contributed by atoms with Crippen molar-refractivity contribution in [2.75, 3.05) is 0 Å². The molecule has 0 spiro atoms. The quantitative estimate of drug-likeness (QED) is 0.424. The molecule has 1 fully saturated rings. The fraction of sp³-hybridized carbons (Fsp3) is 0. The van der Waals surface area contributed by atoms with Crippen LogP contribution in [0.1, 0.15) is 0 Å². The van der Waals surface area contributed by atoms with Gasteiger partial charge in [-0.1, -0.05) is 0 Å². The van der Waals surface area contributed by atoms with Crippen molar-refractivity contribution in [3.63, 3.8) is 0 Å². The van der Waals surface area contributed by atoms with Gasteiger partial charge in [0, 0.05) is 0 Å². The van der Waals surface area contributed by atoms with Gasteiger partial charge in [-0.2, -0.15) is 0 Å². The maximum absolute atomic E-state index is 9.12. The third-order valence-electron chi connectivity index (χ3n) is 1.27. The Labute approximate surface area is 70.4 Å². The van der Waals surface area contributed by atoms with Crippen LogP contribution in [0.2, 0.25) is 0 Å². The summed E-state index contributed by atoms with van der Waals surface area (Å²) in [7, 11) is 0. The molecule has 2 rings (SSSR count). The summed E-state index contributed by atoms with van der Waals surface area (Å²) in [6.45, 7) is 0. The molecule has 1 aromatic carbocycles. The molecular formula is C6H7AsO5. The van der Waals surface area contributed by atoms with Crippen molar-refractivity contribution in [1.82, 2.24) is 0 Å². The van der Waals surface area contributed by atoms with E-state index in [0.717, 1.165) is 0 Å². The molecule has 0 atom stereocenters. The average molecular weight is 234 g/mol. The van der Waals surface area contributed by atoms with Gasteiger partial charge in [-0.3, -0.25) is 0 Å². The zero-order valence-corrected chi connectivity index (χ0v) is 7.83. The fourth-order valence-corrected chi connectivity index (χ4v) is 3.00. The van der Waals surface area contributed by atoms with Gasteiger partial charge in [-0.25, -0.2) is 0 Å². The SMILES string of the molecule is O[As]1(O)(Oc2ccccc2)OO1. The first-order chi connectivity index (χ1) is 5.57. The number of hydrogen-bond donors (Lipinski definition) is 2. The molecule has 0 bridgehead atoms. The molecule has 5 nitrogen and oxygen atoms in total. The third-order valence-corrected chi connectivity index (χ3v) is 3.50. The van der Waals surface area contributed by atoms with E-state index in [1.54, 1.807) is 30.3 Å². The number of para-hydroxylation sites is 1. The minimum atomic E-state index is -5.11. The Morgan fingerprint density at radius 2 is 1.67 bits per heavy atom. The summed E-state index contributed by atoms with van der Waals surface area (Å²) in [5, 5.41) is 0. The van der Waals surface area contributed by atoms with Crippen molar-refractivity contribution in [2.45, 2.75) is 0 Å². The van der Waals surface area contributed by atoms with Crippen molar-refractivity contribution in [2.24, 2.45) is 0 Å². The van der Waals surface area contributed by atoms with Gasteiger partial charge < -0.3 is 0 Å². The Bertz CT molecular complexity index is 290. The van der Waals surface area contributed by atoms with Crippen LogP contribution in [0, 0.1) is 0 Å². The van der Waals surface area contributed by atoms with Crippen molar-refractivity contribution >= 4 is 14.2 Å². The molecular weight excluding hydrogens is 227 g/mol. The second-order valence-electron chi connectivity index (χ2n) is 2.36. The zero-order valence-electron chi connectivity index (χ0n) is 5.95. The molecule has 12 heavy (non-hydrogen) atoms. The summed E-state index contributed by atoms with van der Waals surface area (Å²) in [4.78, 5) is 0. The van der Waals surface area contributed by atoms with Crippen molar-refractivity contribution in [3.05, 3.63) is 30.3 Å². The Hall–Kier alpha value is -0.582. The molecule has 1 saturated heterocycles. The number of rotatable bonds is 2.